The van der Waals surface area contributed by atoms with Gasteiger partial charge in [0.05, 0.1) is 0 Å². The minimum atomic E-state index is 0.0333. The van der Waals surface area contributed by atoms with E-state index in [0.717, 1.165) is 19.5 Å². The summed E-state index contributed by atoms with van der Waals surface area (Å²) in [5.74, 6) is 0.440. The second-order valence-electron chi connectivity index (χ2n) is 5.79. The normalized spacial score (nSPS) is 18.4. The first-order valence-corrected chi connectivity index (χ1v) is 7.39. The predicted octanol–water partition coefficient (Wildman–Crippen LogP) is 2.49. The third kappa shape index (κ3) is 2.82. The predicted molar refractivity (Wildman–Crippen MR) is 80.1 cm³/mol. The van der Waals surface area contributed by atoms with Crippen LogP contribution in [0.4, 0.5) is 0 Å². The smallest absolute Gasteiger partial charge is 0.274 e. The van der Waals surface area contributed by atoms with Crippen molar-refractivity contribution < 1.29 is 4.79 Å². The van der Waals surface area contributed by atoms with E-state index in [1.54, 1.807) is 0 Å². The number of carbonyl (C=O) groups excluding carboxylic acids is 1. The molecule has 0 bridgehead atoms. The molecule has 0 aromatic carbocycles. The van der Waals surface area contributed by atoms with E-state index in [-0.39, 0.29) is 11.9 Å². The Morgan fingerprint density at radius 1 is 1.29 bits per heavy atom. The Balaban J connectivity index is 1.69. The highest BCUT2D eigenvalue weighted by atomic mass is 16.2. The van der Waals surface area contributed by atoms with Gasteiger partial charge in [-0.05, 0) is 44.0 Å². The van der Waals surface area contributed by atoms with E-state index in [9.17, 15) is 4.79 Å². The molecule has 1 aliphatic rings. The first-order chi connectivity index (χ1) is 10.1. The highest BCUT2D eigenvalue weighted by Crippen LogP contribution is 2.27. The molecule has 1 fully saturated rings. The van der Waals surface area contributed by atoms with E-state index in [1.165, 1.54) is 5.56 Å². The SMILES string of the molecule is CC(C)n1ccc(C(=O)N2CC[C@@H](c3ccncc3)C2)n1. The van der Waals surface area contributed by atoms with E-state index in [0.29, 0.717) is 11.6 Å². The zero-order valence-electron chi connectivity index (χ0n) is 12.4. The maximum absolute atomic E-state index is 12.5. The lowest BCUT2D eigenvalue weighted by molar-refractivity contribution is 0.0784. The van der Waals surface area contributed by atoms with Crippen molar-refractivity contribution in [2.45, 2.75) is 32.2 Å². The molecule has 1 saturated heterocycles. The van der Waals surface area contributed by atoms with Gasteiger partial charge in [-0.2, -0.15) is 5.10 Å². The van der Waals surface area contributed by atoms with Crippen molar-refractivity contribution in [3.8, 4) is 0 Å². The summed E-state index contributed by atoms with van der Waals surface area (Å²) in [7, 11) is 0. The second kappa shape index (κ2) is 5.68. The Morgan fingerprint density at radius 2 is 2.05 bits per heavy atom. The topological polar surface area (TPSA) is 51.0 Å². The molecule has 0 saturated carbocycles. The van der Waals surface area contributed by atoms with Crippen LogP contribution >= 0.6 is 0 Å². The standard InChI is InChI=1S/C16H20N4O/c1-12(2)20-10-6-15(18-20)16(21)19-9-5-14(11-19)13-3-7-17-8-4-13/h3-4,6-8,10,12,14H,5,9,11H2,1-2H3/t14-/m1/s1. The van der Waals surface area contributed by atoms with Crippen LogP contribution in [0.1, 0.15) is 48.3 Å². The maximum atomic E-state index is 12.5. The van der Waals surface area contributed by atoms with Gasteiger partial charge >= 0.3 is 0 Å². The quantitative estimate of drug-likeness (QED) is 0.870. The zero-order chi connectivity index (χ0) is 14.8. The molecule has 0 aliphatic carbocycles. The summed E-state index contributed by atoms with van der Waals surface area (Å²) in [5, 5.41) is 4.37. The van der Waals surface area contributed by atoms with Crippen LogP contribution in [0.3, 0.4) is 0 Å². The fourth-order valence-corrected chi connectivity index (χ4v) is 2.75. The minimum absolute atomic E-state index is 0.0333. The van der Waals surface area contributed by atoms with Gasteiger partial charge in [-0.25, -0.2) is 0 Å². The average Bonchev–Trinajstić information content (AvgIpc) is 3.17. The first-order valence-electron chi connectivity index (χ1n) is 7.39. The lowest BCUT2D eigenvalue weighted by atomic mass is 10.00. The molecular weight excluding hydrogens is 264 g/mol. The molecule has 1 amide bonds. The van der Waals surface area contributed by atoms with Crippen LogP contribution in [0.2, 0.25) is 0 Å². The monoisotopic (exact) mass is 284 g/mol. The molecule has 110 valence electrons. The molecule has 5 nitrogen and oxygen atoms in total. The Hall–Kier alpha value is -2.17. The number of nitrogens with zero attached hydrogens (tertiary/aromatic N) is 4. The Labute approximate surface area is 124 Å². The van der Waals surface area contributed by atoms with Crippen LogP contribution in [-0.4, -0.2) is 38.7 Å². The van der Waals surface area contributed by atoms with Crippen LogP contribution < -0.4 is 0 Å². The van der Waals surface area contributed by atoms with E-state index < -0.39 is 0 Å². The number of hydrogen-bond donors (Lipinski definition) is 0. The summed E-state index contributed by atoms with van der Waals surface area (Å²) in [6.07, 6.45) is 6.49. The molecule has 3 heterocycles. The number of likely N-dealkylation sites (tertiary alicyclic amines) is 1. The molecule has 5 heteroatoms. The molecule has 0 unspecified atom stereocenters. The van der Waals surface area contributed by atoms with E-state index in [4.69, 9.17) is 0 Å². The summed E-state index contributed by atoms with van der Waals surface area (Å²) >= 11 is 0. The van der Waals surface area contributed by atoms with Crippen LogP contribution in [0.5, 0.6) is 0 Å². The van der Waals surface area contributed by atoms with Crippen LogP contribution in [0, 0.1) is 0 Å². The average molecular weight is 284 g/mol. The Bertz CT molecular complexity index is 620. The molecule has 1 atom stereocenters. The van der Waals surface area contributed by atoms with Gasteiger partial charge in [-0.3, -0.25) is 14.5 Å². The fourth-order valence-electron chi connectivity index (χ4n) is 2.75. The van der Waals surface area contributed by atoms with E-state index >= 15 is 0 Å². The van der Waals surface area contributed by atoms with Crippen LogP contribution in [-0.2, 0) is 0 Å². The van der Waals surface area contributed by atoms with Crippen molar-refractivity contribution in [3.63, 3.8) is 0 Å². The molecular formula is C16H20N4O. The van der Waals surface area contributed by atoms with Gasteiger partial charge in [-0.15, -0.1) is 0 Å². The Kier molecular flexibility index (Phi) is 3.73. The van der Waals surface area contributed by atoms with Crippen molar-refractivity contribution in [2.75, 3.05) is 13.1 Å². The Morgan fingerprint density at radius 3 is 2.71 bits per heavy atom. The highest BCUT2D eigenvalue weighted by Gasteiger charge is 2.29. The summed E-state index contributed by atoms with van der Waals surface area (Å²) in [5.41, 5.74) is 1.80. The van der Waals surface area contributed by atoms with Crippen molar-refractivity contribution in [3.05, 3.63) is 48.0 Å². The molecule has 3 rings (SSSR count). The summed E-state index contributed by atoms with van der Waals surface area (Å²) in [6, 6.07) is 6.15. The largest absolute Gasteiger partial charge is 0.337 e. The van der Waals surface area contributed by atoms with Gasteiger partial charge in [0.1, 0.15) is 5.69 Å². The third-order valence-corrected chi connectivity index (χ3v) is 4.01. The van der Waals surface area contributed by atoms with Gasteiger partial charge in [-0.1, -0.05) is 0 Å². The second-order valence-corrected chi connectivity index (χ2v) is 5.79. The van der Waals surface area contributed by atoms with Gasteiger partial charge in [0.25, 0.3) is 5.91 Å². The fraction of sp³-hybridized carbons (Fsp3) is 0.438. The van der Waals surface area contributed by atoms with Crippen molar-refractivity contribution in [1.82, 2.24) is 19.7 Å². The summed E-state index contributed by atoms with van der Waals surface area (Å²) in [6.45, 7) is 5.66. The summed E-state index contributed by atoms with van der Waals surface area (Å²) in [4.78, 5) is 18.4. The molecule has 1 aliphatic heterocycles. The first kappa shape index (κ1) is 13.8. The lowest BCUT2D eigenvalue weighted by Gasteiger charge is -2.15. The third-order valence-electron chi connectivity index (χ3n) is 4.01. The molecule has 2 aromatic rings. The molecule has 0 N–H and O–H groups in total. The minimum Gasteiger partial charge on any atom is -0.337 e. The van der Waals surface area contributed by atoms with Crippen molar-refractivity contribution >= 4 is 5.91 Å². The van der Waals surface area contributed by atoms with Crippen molar-refractivity contribution in [2.24, 2.45) is 0 Å². The molecule has 0 spiro atoms. The number of carbonyl (C=O) groups is 1. The molecule has 2 aromatic heterocycles. The van der Waals surface area contributed by atoms with E-state index in [1.807, 2.05) is 46.4 Å². The number of amides is 1. The van der Waals surface area contributed by atoms with Gasteiger partial charge in [0, 0.05) is 43.6 Å². The zero-order valence-corrected chi connectivity index (χ0v) is 12.4. The summed E-state index contributed by atoms with van der Waals surface area (Å²) < 4.78 is 1.82. The number of aromatic nitrogens is 3. The maximum Gasteiger partial charge on any atom is 0.274 e. The van der Waals surface area contributed by atoms with Crippen LogP contribution in [0.25, 0.3) is 0 Å². The van der Waals surface area contributed by atoms with Crippen LogP contribution in [0.15, 0.2) is 36.8 Å². The number of rotatable bonds is 3. The number of pyridine rings is 1. The number of hydrogen-bond acceptors (Lipinski definition) is 3. The van der Waals surface area contributed by atoms with E-state index in [2.05, 4.69) is 23.9 Å². The van der Waals surface area contributed by atoms with Gasteiger partial charge in [0.2, 0.25) is 0 Å². The highest BCUT2D eigenvalue weighted by molar-refractivity contribution is 5.92. The van der Waals surface area contributed by atoms with Crippen molar-refractivity contribution in [1.29, 1.82) is 0 Å². The lowest BCUT2D eigenvalue weighted by Crippen LogP contribution is -2.29. The molecule has 21 heavy (non-hydrogen) atoms. The van der Waals surface area contributed by atoms with Gasteiger partial charge < -0.3 is 4.90 Å². The van der Waals surface area contributed by atoms with Gasteiger partial charge in [0.15, 0.2) is 0 Å². The molecule has 0 radical (unpaired) electrons.